The van der Waals surface area contributed by atoms with Crippen molar-refractivity contribution in [2.45, 2.75) is 36.9 Å². The predicted octanol–water partition coefficient (Wildman–Crippen LogP) is 0.286. The van der Waals surface area contributed by atoms with Gasteiger partial charge in [-0.15, -0.1) is 11.8 Å². The molecule has 5 rings (SSSR count). The number of amides is 2. The lowest BCUT2D eigenvalue weighted by Gasteiger charge is -2.49. The third kappa shape index (κ3) is 4.68. The molecular formula is C22H22N7O5S2+. The van der Waals surface area contributed by atoms with Crippen molar-refractivity contribution >= 4 is 51.9 Å². The number of hydrogen-bond donors (Lipinski definition) is 3. The van der Waals surface area contributed by atoms with Gasteiger partial charge in [0, 0.05) is 35.0 Å². The number of carbonyl (C=O) groups is 3. The number of hydrogen-bond acceptors (Lipinski definition) is 10. The third-order valence-corrected chi connectivity index (χ3v) is 7.69. The van der Waals surface area contributed by atoms with Crippen molar-refractivity contribution in [3.63, 3.8) is 0 Å². The van der Waals surface area contributed by atoms with E-state index in [-0.39, 0.29) is 28.5 Å². The first kappa shape index (κ1) is 23.9. The summed E-state index contributed by atoms with van der Waals surface area (Å²) in [6.07, 6.45) is 8.76. The Morgan fingerprint density at radius 1 is 1.33 bits per heavy atom. The molecule has 1 aliphatic carbocycles. The molecule has 2 aliphatic heterocycles. The zero-order valence-corrected chi connectivity index (χ0v) is 20.4. The lowest BCUT2D eigenvalue weighted by molar-refractivity contribution is -0.689. The molecule has 1 fully saturated rings. The Bertz CT molecular complexity index is 1290. The summed E-state index contributed by atoms with van der Waals surface area (Å²) in [5, 5.41) is 16.1. The average molecular weight is 529 g/mol. The number of oxime groups is 1. The Kier molecular flexibility index (Phi) is 6.69. The minimum absolute atomic E-state index is 0.00908. The van der Waals surface area contributed by atoms with E-state index in [9.17, 15) is 19.5 Å². The van der Waals surface area contributed by atoms with Gasteiger partial charge in [-0.25, -0.2) is 9.36 Å². The van der Waals surface area contributed by atoms with Crippen LogP contribution in [0.5, 0.6) is 0 Å². The maximum Gasteiger partial charge on any atom is 0.352 e. The number of thioether (sulfide) groups is 1. The van der Waals surface area contributed by atoms with Gasteiger partial charge < -0.3 is 21.0 Å². The molecule has 14 heteroatoms. The molecule has 186 valence electrons. The number of pyridine rings is 1. The number of aromatic nitrogens is 3. The zero-order chi connectivity index (χ0) is 25.2. The highest BCUT2D eigenvalue weighted by Crippen LogP contribution is 2.40. The van der Waals surface area contributed by atoms with Crippen molar-refractivity contribution in [3.8, 4) is 0 Å². The van der Waals surface area contributed by atoms with Gasteiger partial charge in [-0.3, -0.25) is 14.5 Å². The number of nitrogens with two attached hydrogens (primary N) is 1. The van der Waals surface area contributed by atoms with Crippen molar-refractivity contribution < 1.29 is 28.9 Å². The van der Waals surface area contributed by atoms with E-state index in [1.54, 1.807) is 0 Å². The van der Waals surface area contributed by atoms with E-state index in [1.807, 2.05) is 47.3 Å². The Hall–Kier alpha value is -3.78. The SMILES string of the molecule is Nc1nc(C(=NOC2C=CCC2)C(=O)NC2C(=O)N3C(C(=O)O)=C(C[n+]4ccccc4)CS[C@H]23)ns1. The number of β-lactam (4-membered cyclic amide) rings is 1. The van der Waals surface area contributed by atoms with Gasteiger partial charge in [0.05, 0.1) is 0 Å². The fraction of sp³-hybridized carbons (Fsp3) is 0.318. The van der Waals surface area contributed by atoms with Crippen LogP contribution in [-0.4, -0.2) is 66.1 Å². The summed E-state index contributed by atoms with van der Waals surface area (Å²) in [5.41, 5.74) is 6.03. The number of anilines is 1. The van der Waals surface area contributed by atoms with E-state index < -0.39 is 29.2 Å². The highest BCUT2D eigenvalue weighted by atomic mass is 32.2. The average Bonchev–Trinajstić information content (AvgIpc) is 3.55. The van der Waals surface area contributed by atoms with E-state index in [1.165, 1.54) is 16.7 Å². The van der Waals surface area contributed by atoms with Crippen LogP contribution in [0.2, 0.25) is 0 Å². The minimum Gasteiger partial charge on any atom is -0.477 e. The smallest absolute Gasteiger partial charge is 0.352 e. The highest BCUT2D eigenvalue weighted by Gasteiger charge is 2.54. The van der Waals surface area contributed by atoms with Gasteiger partial charge >= 0.3 is 5.97 Å². The van der Waals surface area contributed by atoms with Gasteiger partial charge in [0.2, 0.25) is 11.5 Å². The summed E-state index contributed by atoms with van der Waals surface area (Å²) in [6, 6.07) is 4.62. The first-order chi connectivity index (χ1) is 17.4. The van der Waals surface area contributed by atoms with E-state index in [4.69, 9.17) is 10.6 Å². The summed E-state index contributed by atoms with van der Waals surface area (Å²) in [4.78, 5) is 49.0. The quantitative estimate of drug-likeness (QED) is 0.144. The van der Waals surface area contributed by atoms with Crippen LogP contribution in [0.25, 0.3) is 0 Å². The van der Waals surface area contributed by atoms with Gasteiger partial charge in [0.15, 0.2) is 24.1 Å². The number of carboxylic acid groups (broad SMARTS) is 1. The molecular weight excluding hydrogens is 506 g/mol. The Labute approximate surface area is 213 Å². The molecule has 4 N–H and O–H groups in total. The Morgan fingerprint density at radius 3 is 2.81 bits per heavy atom. The van der Waals surface area contributed by atoms with Crippen LogP contribution in [0, 0.1) is 0 Å². The molecule has 0 saturated carbocycles. The maximum absolute atomic E-state index is 13.1. The van der Waals surface area contributed by atoms with E-state index in [2.05, 4.69) is 19.8 Å². The van der Waals surface area contributed by atoms with Crippen LogP contribution in [0.15, 0.2) is 59.2 Å². The number of carbonyl (C=O) groups excluding carboxylic acids is 2. The first-order valence-corrected chi connectivity index (χ1v) is 12.9. The van der Waals surface area contributed by atoms with Crippen molar-refractivity contribution in [2.24, 2.45) is 5.16 Å². The van der Waals surface area contributed by atoms with E-state index in [0.29, 0.717) is 17.9 Å². The van der Waals surface area contributed by atoms with Crippen LogP contribution in [0.1, 0.15) is 18.7 Å². The standard InChI is InChI=1S/C22H21N7O5S2/c23-22-25-17(27-36-22)14(26-34-13-6-2-3-7-13)18(30)24-15-19(31)29-16(21(32)33)12(11-35-20(15)29)10-28-8-4-1-5-9-28/h1-2,4-6,8-9,13,15,20H,3,7,10-11H2,(H3-,23,24,25,27,30,32,33)/p+1/t13?,15?,20-/m1/s1. The fourth-order valence-electron chi connectivity index (χ4n) is 4.10. The molecule has 2 aromatic rings. The highest BCUT2D eigenvalue weighted by molar-refractivity contribution is 8.00. The number of nitrogens with zero attached hydrogens (tertiary/aromatic N) is 5. The molecule has 0 radical (unpaired) electrons. The van der Waals surface area contributed by atoms with Gasteiger partial charge in [0.25, 0.3) is 11.8 Å². The van der Waals surface area contributed by atoms with Crippen LogP contribution in [0.3, 0.4) is 0 Å². The van der Waals surface area contributed by atoms with Crippen molar-refractivity contribution in [1.29, 1.82) is 0 Å². The molecule has 3 atom stereocenters. The monoisotopic (exact) mass is 528 g/mol. The molecule has 4 heterocycles. The molecule has 1 saturated heterocycles. The lowest BCUT2D eigenvalue weighted by Crippen LogP contribution is -2.71. The molecule has 0 aromatic carbocycles. The molecule has 2 aromatic heterocycles. The molecule has 36 heavy (non-hydrogen) atoms. The molecule has 2 unspecified atom stereocenters. The Balaban J connectivity index is 1.34. The zero-order valence-electron chi connectivity index (χ0n) is 18.8. The number of aliphatic carboxylic acids is 1. The number of rotatable bonds is 8. The number of carboxylic acids is 1. The van der Waals surface area contributed by atoms with Gasteiger partial charge in [-0.05, 0) is 18.9 Å². The topological polar surface area (TPSA) is 164 Å². The molecule has 0 bridgehead atoms. The Morgan fingerprint density at radius 2 is 2.14 bits per heavy atom. The van der Waals surface area contributed by atoms with Crippen LogP contribution >= 0.6 is 23.3 Å². The van der Waals surface area contributed by atoms with Gasteiger partial charge in [0.1, 0.15) is 23.2 Å². The van der Waals surface area contributed by atoms with E-state index >= 15 is 0 Å². The largest absolute Gasteiger partial charge is 0.477 e. The first-order valence-electron chi connectivity index (χ1n) is 11.1. The lowest BCUT2D eigenvalue weighted by atomic mass is 10.0. The van der Waals surface area contributed by atoms with Gasteiger partial charge in [-0.1, -0.05) is 17.3 Å². The summed E-state index contributed by atoms with van der Waals surface area (Å²) < 4.78 is 5.89. The third-order valence-electron chi connectivity index (χ3n) is 5.80. The maximum atomic E-state index is 13.1. The fourth-order valence-corrected chi connectivity index (χ4v) is 5.87. The molecule has 2 amide bonds. The second kappa shape index (κ2) is 10.1. The predicted molar refractivity (Wildman–Crippen MR) is 130 cm³/mol. The van der Waals surface area contributed by atoms with Gasteiger partial charge in [-0.2, -0.15) is 9.36 Å². The van der Waals surface area contributed by atoms with Crippen LogP contribution < -0.4 is 15.6 Å². The van der Waals surface area contributed by atoms with Crippen molar-refractivity contribution in [3.05, 3.63) is 59.8 Å². The van der Waals surface area contributed by atoms with Crippen molar-refractivity contribution in [1.82, 2.24) is 19.6 Å². The number of fused-ring (bicyclic) bond motifs is 1. The molecule has 3 aliphatic rings. The summed E-state index contributed by atoms with van der Waals surface area (Å²) in [7, 11) is 0. The van der Waals surface area contributed by atoms with Crippen LogP contribution in [-0.2, 0) is 25.8 Å². The second-order valence-corrected chi connectivity index (χ2v) is 10.1. The molecule has 12 nitrogen and oxygen atoms in total. The normalized spacial score (nSPS) is 23.3. The van der Waals surface area contributed by atoms with Crippen LogP contribution in [0.4, 0.5) is 5.13 Å². The summed E-state index contributed by atoms with van der Waals surface area (Å²) in [6.45, 7) is 0.337. The van der Waals surface area contributed by atoms with Crippen molar-refractivity contribution in [2.75, 3.05) is 11.5 Å². The minimum atomic E-state index is -1.19. The number of nitrogen functional groups attached to an aromatic ring is 1. The summed E-state index contributed by atoms with van der Waals surface area (Å²) >= 11 is 2.29. The second-order valence-electron chi connectivity index (χ2n) is 8.21. The van der Waals surface area contributed by atoms with E-state index in [0.717, 1.165) is 24.4 Å². The number of nitrogens with one attached hydrogen (secondary N) is 1. The number of allylic oxidation sites excluding steroid dienone is 1. The molecule has 0 spiro atoms. The summed E-state index contributed by atoms with van der Waals surface area (Å²) in [5.74, 6) is -2.03.